The molecule has 2 aliphatic rings. The molecule has 4 nitrogen and oxygen atoms in total. The Bertz CT molecular complexity index is 844. The van der Waals surface area contributed by atoms with Crippen LogP contribution in [0, 0.1) is 12.7 Å². The summed E-state index contributed by atoms with van der Waals surface area (Å²) in [5, 5.41) is 3.32. The Kier molecular flexibility index (Phi) is 5.30. The van der Waals surface area contributed by atoms with Crippen LogP contribution in [0.5, 0.6) is 0 Å². The highest BCUT2D eigenvalue weighted by Crippen LogP contribution is 2.35. The number of thiophene rings is 1. The molecule has 0 spiro atoms. The minimum Gasteiger partial charge on any atom is -0.336 e. The molecule has 0 bridgehead atoms. The summed E-state index contributed by atoms with van der Waals surface area (Å²) >= 11 is 1.45. The summed E-state index contributed by atoms with van der Waals surface area (Å²) in [4.78, 5) is 16.3. The van der Waals surface area contributed by atoms with Crippen molar-refractivity contribution in [1.29, 1.82) is 0 Å². The number of amides is 1. The molecular weight excluding hydrogens is 361 g/mol. The number of hydrogen-bond acceptors (Lipinski definition) is 4. The lowest BCUT2D eigenvalue weighted by Gasteiger charge is -2.23. The number of nitrogens with one attached hydrogen (secondary N) is 1. The van der Waals surface area contributed by atoms with E-state index in [1.165, 1.54) is 11.3 Å². The number of carbonyl (C=O) groups is 1. The third-order valence-corrected chi connectivity index (χ3v) is 6.96. The van der Waals surface area contributed by atoms with Crippen molar-refractivity contribution < 1.29 is 9.18 Å². The molecule has 0 unspecified atom stereocenters. The Labute approximate surface area is 163 Å². The standard InChI is InChI=1S/C21H26FN3OS/c1-13-10-19(27-20(13)21(26)25-9-6-16(23)12-25)15-2-3-17(18(22)11-15)14-4-7-24-8-5-14/h2-3,10-11,14,16,24H,4-9,12,23H2,1H3/t16-/m0/s1. The van der Waals surface area contributed by atoms with E-state index < -0.39 is 0 Å². The number of nitrogens with two attached hydrogens (primary N) is 1. The molecular formula is C21H26FN3OS. The molecule has 2 aliphatic heterocycles. The highest BCUT2D eigenvalue weighted by atomic mass is 32.1. The minimum absolute atomic E-state index is 0.0449. The maximum Gasteiger partial charge on any atom is 0.264 e. The van der Waals surface area contributed by atoms with Gasteiger partial charge < -0.3 is 16.0 Å². The van der Waals surface area contributed by atoms with Crippen molar-refractivity contribution in [2.75, 3.05) is 26.2 Å². The largest absolute Gasteiger partial charge is 0.336 e. The van der Waals surface area contributed by atoms with Gasteiger partial charge in [-0.15, -0.1) is 11.3 Å². The van der Waals surface area contributed by atoms with Crippen LogP contribution < -0.4 is 11.1 Å². The lowest BCUT2D eigenvalue weighted by molar-refractivity contribution is 0.0795. The number of halogens is 1. The van der Waals surface area contributed by atoms with Crippen LogP contribution in [0.2, 0.25) is 0 Å². The monoisotopic (exact) mass is 387 g/mol. The molecule has 6 heteroatoms. The Morgan fingerprint density at radius 1 is 1.26 bits per heavy atom. The van der Waals surface area contributed by atoms with Gasteiger partial charge in [-0.2, -0.15) is 0 Å². The van der Waals surface area contributed by atoms with Crippen molar-refractivity contribution in [3.05, 3.63) is 46.1 Å². The number of hydrogen-bond donors (Lipinski definition) is 2. The van der Waals surface area contributed by atoms with E-state index in [1.807, 2.05) is 30.0 Å². The zero-order chi connectivity index (χ0) is 19.0. The summed E-state index contributed by atoms with van der Waals surface area (Å²) in [5.74, 6) is 0.203. The third-order valence-electron chi connectivity index (χ3n) is 5.69. The highest BCUT2D eigenvalue weighted by molar-refractivity contribution is 7.17. The first kappa shape index (κ1) is 18.6. The molecule has 1 aromatic carbocycles. The van der Waals surface area contributed by atoms with Crippen LogP contribution in [0.15, 0.2) is 24.3 Å². The predicted octanol–water partition coefficient (Wildman–Crippen LogP) is 3.50. The van der Waals surface area contributed by atoms with E-state index in [-0.39, 0.29) is 17.8 Å². The van der Waals surface area contributed by atoms with Crippen molar-refractivity contribution >= 4 is 17.2 Å². The van der Waals surface area contributed by atoms with Crippen molar-refractivity contribution in [2.24, 2.45) is 5.73 Å². The summed E-state index contributed by atoms with van der Waals surface area (Å²) in [5.41, 5.74) is 8.54. The molecule has 27 heavy (non-hydrogen) atoms. The number of aryl methyl sites for hydroxylation is 1. The molecule has 2 fully saturated rings. The van der Waals surface area contributed by atoms with Gasteiger partial charge in [0.25, 0.3) is 5.91 Å². The first-order chi connectivity index (χ1) is 13.0. The fraction of sp³-hybridized carbons (Fsp3) is 0.476. The summed E-state index contributed by atoms with van der Waals surface area (Å²) in [6.45, 7) is 5.17. The van der Waals surface area contributed by atoms with E-state index in [4.69, 9.17) is 5.73 Å². The van der Waals surface area contributed by atoms with Gasteiger partial charge in [0.15, 0.2) is 0 Å². The smallest absolute Gasteiger partial charge is 0.264 e. The lowest BCUT2D eigenvalue weighted by atomic mass is 9.89. The molecule has 4 rings (SSSR count). The summed E-state index contributed by atoms with van der Waals surface area (Å²) < 4.78 is 14.8. The first-order valence-electron chi connectivity index (χ1n) is 9.68. The van der Waals surface area contributed by atoms with Gasteiger partial charge in [0.2, 0.25) is 0 Å². The second-order valence-electron chi connectivity index (χ2n) is 7.68. The van der Waals surface area contributed by atoms with Crippen LogP contribution in [0.4, 0.5) is 4.39 Å². The average Bonchev–Trinajstić information content (AvgIpc) is 3.28. The minimum atomic E-state index is -0.135. The van der Waals surface area contributed by atoms with E-state index in [0.717, 1.165) is 58.8 Å². The van der Waals surface area contributed by atoms with E-state index in [1.54, 1.807) is 6.07 Å². The second kappa shape index (κ2) is 7.70. The van der Waals surface area contributed by atoms with Gasteiger partial charge in [-0.3, -0.25) is 4.79 Å². The van der Waals surface area contributed by atoms with Gasteiger partial charge in [0.05, 0.1) is 4.88 Å². The number of piperidine rings is 1. The molecule has 1 aromatic heterocycles. The summed E-state index contributed by atoms with van der Waals surface area (Å²) in [6.07, 6.45) is 2.81. The molecule has 144 valence electrons. The quantitative estimate of drug-likeness (QED) is 0.847. The number of likely N-dealkylation sites (tertiary alicyclic amines) is 1. The van der Waals surface area contributed by atoms with Crippen LogP contribution in [0.3, 0.4) is 0 Å². The Balaban J connectivity index is 1.57. The van der Waals surface area contributed by atoms with Crippen molar-refractivity contribution in [1.82, 2.24) is 10.2 Å². The summed E-state index contributed by atoms with van der Waals surface area (Å²) in [6, 6.07) is 7.61. The number of carbonyl (C=O) groups excluding carboxylic acids is 1. The molecule has 3 N–H and O–H groups in total. The van der Waals surface area contributed by atoms with Gasteiger partial charge >= 0.3 is 0 Å². The molecule has 0 aliphatic carbocycles. The Hall–Kier alpha value is -1.76. The molecule has 1 atom stereocenters. The van der Waals surface area contributed by atoms with E-state index in [0.29, 0.717) is 19.0 Å². The number of rotatable bonds is 3. The number of nitrogens with zero attached hydrogens (tertiary/aromatic N) is 1. The van der Waals surface area contributed by atoms with Gasteiger partial charge in [-0.05, 0) is 74.0 Å². The molecule has 0 radical (unpaired) electrons. The van der Waals surface area contributed by atoms with Gasteiger partial charge in [-0.1, -0.05) is 12.1 Å². The predicted molar refractivity (Wildman–Crippen MR) is 108 cm³/mol. The van der Waals surface area contributed by atoms with Crippen molar-refractivity contribution in [2.45, 2.75) is 38.1 Å². The molecule has 2 saturated heterocycles. The summed E-state index contributed by atoms with van der Waals surface area (Å²) in [7, 11) is 0. The maximum absolute atomic E-state index is 14.8. The SMILES string of the molecule is Cc1cc(-c2ccc(C3CCNCC3)c(F)c2)sc1C(=O)N1CC[C@H](N)C1. The van der Waals surface area contributed by atoms with Crippen LogP contribution in [0.25, 0.3) is 10.4 Å². The fourth-order valence-electron chi connectivity index (χ4n) is 4.10. The Morgan fingerprint density at radius 3 is 2.70 bits per heavy atom. The Morgan fingerprint density at radius 2 is 2.04 bits per heavy atom. The first-order valence-corrected chi connectivity index (χ1v) is 10.5. The molecule has 2 aromatic rings. The fourth-order valence-corrected chi connectivity index (χ4v) is 5.23. The van der Waals surface area contributed by atoms with Crippen LogP contribution >= 0.6 is 11.3 Å². The zero-order valence-corrected chi connectivity index (χ0v) is 16.4. The average molecular weight is 388 g/mol. The number of benzene rings is 1. The van der Waals surface area contributed by atoms with Crippen LogP contribution in [-0.2, 0) is 0 Å². The zero-order valence-electron chi connectivity index (χ0n) is 15.6. The third kappa shape index (κ3) is 3.79. The van der Waals surface area contributed by atoms with E-state index in [9.17, 15) is 9.18 Å². The molecule has 3 heterocycles. The van der Waals surface area contributed by atoms with E-state index in [2.05, 4.69) is 5.32 Å². The second-order valence-corrected chi connectivity index (χ2v) is 8.74. The van der Waals surface area contributed by atoms with Crippen molar-refractivity contribution in [3.63, 3.8) is 0 Å². The van der Waals surface area contributed by atoms with E-state index >= 15 is 0 Å². The van der Waals surface area contributed by atoms with Crippen molar-refractivity contribution in [3.8, 4) is 10.4 Å². The van der Waals surface area contributed by atoms with Gasteiger partial charge in [0.1, 0.15) is 5.82 Å². The maximum atomic E-state index is 14.8. The normalized spacial score (nSPS) is 21.0. The highest BCUT2D eigenvalue weighted by Gasteiger charge is 2.27. The molecule has 1 amide bonds. The van der Waals surface area contributed by atoms with Gasteiger partial charge in [0, 0.05) is 24.0 Å². The topological polar surface area (TPSA) is 58.4 Å². The molecule has 0 saturated carbocycles. The lowest BCUT2D eigenvalue weighted by Crippen LogP contribution is -2.31. The van der Waals surface area contributed by atoms with Gasteiger partial charge in [-0.25, -0.2) is 4.39 Å². The van der Waals surface area contributed by atoms with Crippen LogP contribution in [0.1, 0.15) is 46.0 Å². The van der Waals surface area contributed by atoms with Crippen LogP contribution in [-0.4, -0.2) is 43.0 Å².